The van der Waals surface area contributed by atoms with E-state index in [4.69, 9.17) is 9.72 Å². The molecule has 166 valence electrons. The average Bonchev–Trinajstić information content (AvgIpc) is 3.19. The monoisotopic (exact) mass is 439 g/mol. The Morgan fingerprint density at radius 3 is 2.35 bits per heavy atom. The lowest BCUT2D eigenvalue weighted by atomic mass is 10.2. The summed E-state index contributed by atoms with van der Waals surface area (Å²) in [4.78, 5) is 22.5. The Morgan fingerprint density at radius 2 is 1.74 bits per heavy atom. The third kappa shape index (κ3) is 5.83. The molecule has 0 aliphatic rings. The molecule has 31 heavy (non-hydrogen) atoms. The number of amides is 1. The highest BCUT2D eigenvalue weighted by Crippen LogP contribution is 2.31. The van der Waals surface area contributed by atoms with Crippen LogP contribution in [0.3, 0.4) is 0 Å². The normalized spacial score (nSPS) is 11.5. The highest BCUT2D eigenvalue weighted by molar-refractivity contribution is 7.22. The van der Waals surface area contributed by atoms with Gasteiger partial charge in [0.1, 0.15) is 5.75 Å². The van der Waals surface area contributed by atoms with E-state index in [0.29, 0.717) is 12.1 Å². The van der Waals surface area contributed by atoms with Crippen LogP contribution < -0.4 is 9.64 Å². The number of aromatic nitrogens is 1. The summed E-state index contributed by atoms with van der Waals surface area (Å²) in [6.45, 7) is 13.7. The van der Waals surface area contributed by atoms with E-state index < -0.39 is 0 Å². The number of hydrogen-bond donors (Lipinski definition) is 0. The van der Waals surface area contributed by atoms with E-state index in [-0.39, 0.29) is 12.0 Å². The maximum atomic E-state index is 13.5. The summed E-state index contributed by atoms with van der Waals surface area (Å²) in [7, 11) is 0. The van der Waals surface area contributed by atoms with E-state index in [1.54, 1.807) is 11.3 Å². The van der Waals surface area contributed by atoms with Gasteiger partial charge in [-0.05, 0) is 75.3 Å². The van der Waals surface area contributed by atoms with Gasteiger partial charge in [-0.2, -0.15) is 0 Å². The van der Waals surface area contributed by atoms with Crippen LogP contribution in [-0.2, 0) is 6.42 Å². The van der Waals surface area contributed by atoms with Crippen molar-refractivity contribution in [1.29, 1.82) is 0 Å². The number of hydrogen-bond acceptors (Lipinski definition) is 5. The fourth-order valence-corrected chi connectivity index (χ4v) is 4.52. The lowest BCUT2D eigenvalue weighted by molar-refractivity contribution is 0.0983. The minimum absolute atomic E-state index is 0.0296. The predicted octanol–water partition coefficient (Wildman–Crippen LogP) is 5.63. The zero-order chi connectivity index (χ0) is 22.4. The van der Waals surface area contributed by atoms with Crippen LogP contribution in [0, 0.1) is 0 Å². The molecule has 0 aliphatic carbocycles. The molecule has 2 aromatic carbocycles. The molecular formula is C25H33N3O2S. The molecule has 0 unspecified atom stereocenters. The third-order valence-corrected chi connectivity index (χ3v) is 6.37. The van der Waals surface area contributed by atoms with E-state index in [1.165, 1.54) is 5.56 Å². The number of rotatable bonds is 10. The maximum absolute atomic E-state index is 13.5. The molecule has 3 rings (SSSR count). The second-order valence-electron chi connectivity index (χ2n) is 7.83. The predicted molar refractivity (Wildman–Crippen MR) is 131 cm³/mol. The molecule has 1 amide bonds. The number of anilines is 1. The maximum Gasteiger partial charge on any atom is 0.260 e. The van der Waals surface area contributed by atoms with Gasteiger partial charge in [0.05, 0.1) is 16.3 Å². The number of likely N-dealkylation sites (N-methyl/N-ethyl adjacent to an activating group) is 1. The van der Waals surface area contributed by atoms with Crippen molar-refractivity contribution in [3.63, 3.8) is 0 Å². The Labute approximate surface area is 189 Å². The van der Waals surface area contributed by atoms with Crippen LogP contribution in [0.5, 0.6) is 5.75 Å². The fraction of sp³-hybridized carbons (Fsp3) is 0.440. The first-order valence-electron chi connectivity index (χ1n) is 11.2. The number of fused-ring (bicyclic) bond motifs is 1. The molecule has 0 saturated heterocycles. The molecular weight excluding hydrogens is 406 g/mol. The van der Waals surface area contributed by atoms with E-state index in [2.05, 4.69) is 43.9 Å². The average molecular weight is 440 g/mol. The van der Waals surface area contributed by atoms with Crippen molar-refractivity contribution in [2.24, 2.45) is 0 Å². The van der Waals surface area contributed by atoms with Crippen LogP contribution in [0.2, 0.25) is 0 Å². The quantitative estimate of drug-likeness (QED) is 0.410. The zero-order valence-corrected chi connectivity index (χ0v) is 20.0. The molecule has 1 heterocycles. The first kappa shape index (κ1) is 23.2. The number of carbonyl (C=O) groups excluding carboxylic acids is 1. The molecule has 0 N–H and O–H groups in total. The smallest absolute Gasteiger partial charge is 0.260 e. The van der Waals surface area contributed by atoms with Crippen molar-refractivity contribution in [2.45, 2.75) is 47.1 Å². The number of nitrogens with zero attached hydrogens (tertiary/aromatic N) is 3. The lowest BCUT2D eigenvalue weighted by Crippen LogP contribution is -2.38. The first-order valence-corrected chi connectivity index (χ1v) is 12.0. The van der Waals surface area contributed by atoms with Crippen molar-refractivity contribution in [1.82, 2.24) is 9.88 Å². The number of benzene rings is 2. The van der Waals surface area contributed by atoms with Gasteiger partial charge >= 0.3 is 0 Å². The number of thiazole rings is 1. The highest BCUT2D eigenvalue weighted by Gasteiger charge is 2.22. The third-order valence-electron chi connectivity index (χ3n) is 5.33. The Hall–Kier alpha value is -2.44. The van der Waals surface area contributed by atoms with Crippen LogP contribution in [0.4, 0.5) is 5.13 Å². The van der Waals surface area contributed by atoms with Crippen LogP contribution in [0.1, 0.15) is 50.5 Å². The van der Waals surface area contributed by atoms with Gasteiger partial charge in [0, 0.05) is 18.7 Å². The number of carbonyl (C=O) groups is 1. The van der Waals surface area contributed by atoms with Crippen molar-refractivity contribution in [3.8, 4) is 5.75 Å². The van der Waals surface area contributed by atoms with E-state index >= 15 is 0 Å². The second-order valence-corrected chi connectivity index (χ2v) is 8.84. The molecule has 0 fully saturated rings. The largest absolute Gasteiger partial charge is 0.491 e. The number of aryl methyl sites for hydroxylation is 1. The highest BCUT2D eigenvalue weighted by atomic mass is 32.1. The van der Waals surface area contributed by atoms with Gasteiger partial charge in [0.2, 0.25) is 0 Å². The Bertz CT molecular complexity index is 994. The van der Waals surface area contributed by atoms with Crippen LogP contribution in [0.15, 0.2) is 42.5 Å². The molecule has 6 heteroatoms. The SMILES string of the molecule is CCc1ccc2nc(N(CCN(CC)CC)C(=O)c3ccc(OC(C)C)cc3)sc2c1. The molecule has 0 atom stereocenters. The van der Waals surface area contributed by atoms with Crippen molar-refractivity contribution in [3.05, 3.63) is 53.6 Å². The van der Waals surface area contributed by atoms with Crippen LogP contribution in [-0.4, -0.2) is 48.1 Å². The lowest BCUT2D eigenvalue weighted by Gasteiger charge is -2.24. The molecule has 0 saturated carbocycles. The molecule has 0 radical (unpaired) electrons. The van der Waals surface area contributed by atoms with Gasteiger partial charge in [-0.25, -0.2) is 4.98 Å². The van der Waals surface area contributed by atoms with Crippen LogP contribution in [0.25, 0.3) is 10.2 Å². The van der Waals surface area contributed by atoms with Gasteiger partial charge in [0.15, 0.2) is 5.13 Å². The molecule has 1 aromatic heterocycles. The van der Waals surface area contributed by atoms with E-state index in [0.717, 1.165) is 47.2 Å². The van der Waals surface area contributed by atoms with Gasteiger partial charge in [-0.1, -0.05) is 38.2 Å². The summed E-state index contributed by atoms with van der Waals surface area (Å²) in [6, 6.07) is 13.8. The summed E-state index contributed by atoms with van der Waals surface area (Å²) >= 11 is 1.59. The molecule has 0 bridgehead atoms. The summed E-state index contributed by atoms with van der Waals surface area (Å²) in [6.07, 6.45) is 1.08. The Kier molecular flexibility index (Phi) is 8.04. The summed E-state index contributed by atoms with van der Waals surface area (Å²) in [5, 5.41) is 0.753. The van der Waals surface area contributed by atoms with Gasteiger partial charge in [-0.15, -0.1) is 0 Å². The minimum Gasteiger partial charge on any atom is -0.491 e. The van der Waals surface area contributed by atoms with E-state index in [9.17, 15) is 4.79 Å². The van der Waals surface area contributed by atoms with Crippen molar-refractivity contribution in [2.75, 3.05) is 31.1 Å². The van der Waals surface area contributed by atoms with Gasteiger partial charge in [-0.3, -0.25) is 9.69 Å². The Balaban J connectivity index is 1.91. The minimum atomic E-state index is -0.0296. The summed E-state index contributed by atoms with van der Waals surface area (Å²) < 4.78 is 6.84. The number of ether oxygens (including phenoxy) is 1. The van der Waals surface area contributed by atoms with Crippen molar-refractivity contribution >= 4 is 32.6 Å². The van der Waals surface area contributed by atoms with Gasteiger partial charge < -0.3 is 9.64 Å². The van der Waals surface area contributed by atoms with Crippen molar-refractivity contribution < 1.29 is 9.53 Å². The topological polar surface area (TPSA) is 45.7 Å². The zero-order valence-electron chi connectivity index (χ0n) is 19.2. The first-order chi connectivity index (χ1) is 14.9. The van der Waals surface area contributed by atoms with Crippen LogP contribution >= 0.6 is 11.3 Å². The second kappa shape index (κ2) is 10.7. The Morgan fingerprint density at radius 1 is 1.03 bits per heavy atom. The van der Waals surface area contributed by atoms with E-state index in [1.807, 2.05) is 43.0 Å². The summed E-state index contributed by atoms with van der Waals surface area (Å²) in [5.41, 5.74) is 2.87. The summed E-state index contributed by atoms with van der Waals surface area (Å²) in [5.74, 6) is 0.742. The fourth-order valence-electron chi connectivity index (χ4n) is 3.46. The standard InChI is InChI=1S/C25H33N3O2S/c1-6-19-9-14-22-23(17-19)31-25(26-22)28(16-15-27(7-2)8-3)24(29)20-10-12-21(13-11-20)30-18(4)5/h9-14,17-18H,6-8,15-16H2,1-5H3. The molecule has 5 nitrogen and oxygen atoms in total. The van der Waals surface area contributed by atoms with Gasteiger partial charge in [0.25, 0.3) is 5.91 Å². The molecule has 3 aromatic rings. The molecule has 0 spiro atoms. The molecule has 0 aliphatic heterocycles.